The van der Waals surface area contributed by atoms with Crippen molar-refractivity contribution in [2.75, 3.05) is 0 Å². The maximum atomic E-state index is 5.97. The highest BCUT2D eigenvalue weighted by Gasteiger charge is 2.48. The smallest absolute Gasteiger partial charge is 0.126 e. The van der Waals surface area contributed by atoms with E-state index in [1.807, 2.05) is 0 Å². The Morgan fingerprint density at radius 1 is 1.09 bits per heavy atom. The van der Waals surface area contributed by atoms with Gasteiger partial charge in [-0.3, -0.25) is 0 Å². The Morgan fingerprint density at radius 3 is 2.09 bits per heavy atom. The summed E-state index contributed by atoms with van der Waals surface area (Å²) in [5.74, 6) is 1.30. The van der Waals surface area contributed by atoms with E-state index in [4.69, 9.17) is 33.2 Å². The van der Waals surface area contributed by atoms with Gasteiger partial charge in [0.25, 0.3) is 0 Å². The zero-order valence-electron chi connectivity index (χ0n) is 5.93. The van der Waals surface area contributed by atoms with E-state index in [0.717, 1.165) is 6.42 Å². The molecule has 0 saturated heterocycles. The van der Waals surface area contributed by atoms with Crippen molar-refractivity contribution in [3.8, 4) is 0 Å². The summed E-state index contributed by atoms with van der Waals surface area (Å²) in [5.41, 5.74) is 0.391. The second-order valence-corrected chi connectivity index (χ2v) is 12.4. The third-order valence-corrected chi connectivity index (χ3v) is 6.73. The van der Waals surface area contributed by atoms with Gasteiger partial charge in [-0.05, 0) is 24.7 Å². The quantitative estimate of drug-likeness (QED) is 0.365. The van der Waals surface area contributed by atoms with Crippen LogP contribution in [0.25, 0.3) is 0 Å². The van der Waals surface area contributed by atoms with E-state index in [1.54, 1.807) is 0 Å². The van der Waals surface area contributed by atoms with Crippen LogP contribution in [0, 0.1) is 11.8 Å². The molecule has 62 valence electrons. The molecule has 11 heavy (non-hydrogen) atoms. The molecule has 3 atom stereocenters. The van der Waals surface area contributed by atoms with Gasteiger partial charge >= 0.3 is 6.00 Å². The number of hydrogen-bond donors (Lipinski definition) is 0. The van der Waals surface area contributed by atoms with E-state index >= 15 is 0 Å². The number of allylic oxidation sites excluding steroid dienone is 2. The molecule has 0 aromatic carbocycles. The van der Waals surface area contributed by atoms with Crippen molar-refractivity contribution >= 4 is 39.2 Å². The third-order valence-electron chi connectivity index (χ3n) is 2.70. The third kappa shape index (κ3) is 1.49. The van der Waals surface area contributed by atoms with Crippen LogP contribution >= 0.6 is 33.2 Å². The van der Waals surface area contributed by atoms with Crippen molar-refractivity contribution in [2.45, 2.75) is 18.4 Å². The van der Waals surface area contributed by atoms with Crippen LogP contribution in [0.15, 0.2) is 12.2 Å². The normalized spacial score (nSPS) is 41.9. The zero-order valence-corrected chi connectivity index (χ0v) is 9.20. The lowest BCUT2D eigenvalue weighted by Crippen LogP contribution is -2.23. The van der Waals surface area contributed by atoms with Crippen LogP contribution in [0.5, 0.6) is 0 Å². The minimum atomic E-state index is -2.41. The van der Waals surface area contributed by atoms with Gasteiger partial charge in [-0.15, -0.1) is 33.2 Å². The van der Waals surface area contributed by atoms with Crippen molar-refractivity contribution in [2.24, 2.45) is 11.8 Å². The fourth-order valence-corrected chi connectivity index (χ4v) is 5.72. The van der Waals surface area contributed by atoms with Gasteiger partial charge in [-0.1, -0.05) is 12.2 Å². The van der Waals surface area contributed by atoms with Gasteiger partial charge in [-0.2, -0.15) is 0 Å². The molecule has 0 unspecified atom stereocenters. The first kappa shape index (κ1) is 8.43. The molecule has 0 amide bonds. The van der Waals surface area contributed by atoms with E-state index in [-0.39, 0.29) is 0 Å². The van der Waals surface area contributed by atoms with Crippen molar-refractivity contribution < 1.29 is 0 Å². The van der Waals surface area contributed by atoms with Gasteiger partial charge in [0.1, 0.15) is 0 Å². The Kier molecular flexibility index (Phi) is 2.04. The van der Waals surface area contributed by atoms with E-state index in [1.165, 1.54) is 6.42 Å². The topological polar surface area (TPSA) is 0 Å². The Morgan fingerprint density at radius 2 is 1.82 bits per heavy atom. The molecule has 0 aromatic rings. The summed E-state index contributed by atoms with van der Waals surface area (Å²) < 4.78 is 0. The molecule has 0 aromatic heterocycles. The van der Waals surface area contributed by atoms with Gasteiger partial charge in [0.2, 0.25) is 0 Å². The maximum absolute atomic E-state index is 5.97. The first-order valence-electron chi connectivity index (χ1n) is 3.82. The minimum Gasteiger partial charge on any atom is -0.126 e. The van der Waals surface area contributed by atoms with Crippen LogP contribution in [-0.2, 0) is 0 Å². The summed E-state index contributed by atoms with van der Waals surface area (Å²) >= 11 is 17.9. The molecule has 2 aliphatic carbocycles. The first-order chi connectivity index (χ1) is 5.07. The van der Waals surface area contributed by atoms with E-state index in [2.05, 4.69) is 12.2 Å². The molecule has 0 heterocycles. The minimum absolute atomic E-state index is 0.391. The fourth-order valence-electron chi connectivity index (χ4n) is 2.16. The van der Waals surface area contributed by atoms with Crippen LogP contribution in [0.4, 0.5) is 0 Å². The molecule has 4 heteroatoms. The molecule has 2 aliphatic rings. The number of hydrogen-bond acceptors (Lipinski definition) is 0. The van der Waals surface area contributed by atoms with Crippen LogP contribution in [0.1, 0.15) is 12.8 Å². The van der Waals surface area contributed by atoms with E-state index < -0.39 is 6.00 Å². The second-order valence-electron chi connectivity index (χ2n) is 3.43. The summed E-state index contributed by atoms with van der Waals surface area (Å²) in [5, 5.41) is 0. The van der Waals surface area contributed by atoms with Crippen LogP contribution in [0.3, 0.4) is 0 Å². The average molecular weight is 228 g/mol. The van der Waals surface area contributed by atoms with Gasteiger partial charge in [-0.25, -0.2) is 0 Å². The SMILES string of the molecule is Cl[Si](Cl)(Cl)[C@@H]1C[C@H]2C=C[C@@H]1C2. The number of halogens is 3. The Labute approximate surface area is 81.6 Å². The Bertz CT molecular complexity index is 196. The second kappa shape index (κ2) is 2.66. The van der Waals surface area contributed by atoms with Gasteiger partial charge in [0, 0.05) is 5.54 Å². The first-order valence-corrected chi connectivity index (χ1v) is 8.93. The van der Waals surface area contributed by atoms with Crippen LogP contribution < -0.4 is 0 Å². The molecule has 1 saturated carbocycles. The highest BCUT2D eigenvalue weighted by Crippen LogP contribution is 2.55. The lowest BCUT2D eigenvalue weighted by Gasteiger charge is -2.22. The fraction of sp³-hybridized carbons (Fsp3) is 0.714. The lowest BCUT2D eigenvalue weighted by molar-refractivity contribution is 0.689. The van der Waals surface area contributed by atoms with E-state index in [9.17, 15) is 0 Å². The standard InChI is InChI=1S/C7H9Cl3Si/c8-11(9,10)7-4-5-1-2-6(7)3-5/h1-2,5-7H,3-4H2/t5-,6+,7+/m0/s1. The highest BCUT2D eigenvalue weighted by molar-refractivity contribution is 7.65. The predicted molar refractivity (Wildman–Crippen MR) is 52.4 cm³/mol. The monoisotopic (exact) mass is 226 g/mol. The van der Waals surface area contributed by atoms with Crippen LogP contribution in [0.2, 0.25) is 5.54 Å². The number of rotatable bonds is 1. The number of fused-ring (bicyclic) bond motifs is 2. The molecule has 0 radical (unpaired) electrons. The molecule has 0 aliphatic heterocycles. The van der Waals surface area contributed by atoms with Crippen molar-refractivity contribution in [3.05, 3.63) is 12.2 Å². The highest BCUT2D eigenvalue weighted by atomic mass is 35.8. The molecule has 0 nitrogen and oxygen atoms in total. The van der Waals surface area contributed by atoms with Gasteiger partial charge in [0.05, 0.1) is 0 Å². The largest absolute Gasteiger partial charge is 0.344 e. The molecule has 2 rings (SSSR count). The predicted octanol–water partition coefficient (Wildman–Crippen LogP) is 3.61. The van der Waals surface area contributed by atoms with Gasteiger partial charge in [0.15, 0.2) is 0 Å². The summed E-state index contributed by atoms with van der Waals surface area (Å²) in [6.45, 7) is 0. The summed E-state index contributed by atoms with van der Waals surface area (Å²) in [4.78, 5) is 0. The zero-order chi connectivity index (χ0) is 8.06. The maximum Gasteiger partial charge on any atom is 0.344 e. The molecule has 0 spiro atoms. The van der Waals surface area contributed by atoms with E-state index in [0.29, 0.717) is 17.4 Å². The molecular formula is C7H9Cl3Si. The Balaban J connectivity index is 2.15. The molecule has 2 bridgehead atoms. The van der Waals surface area contributed by atoms with Crippen LogP contribution in [-0.4, -0.2) is 6.00 Å². The average Bonchev–Trinajstić information content (AvgIpc) is 2.42. The van der Waals surface area contributed by atoms with Crippen molar-refractivity contribution in [1.29, 1.82) is 0 Å². The lowest BCUT2D eigenvalue weighted by atomic mass is 10.1. The van der Waals surface area contributed by atoms with Crippen molar-refractivity contribution in [1.82, 2.24) is 0 Å². The summed E-state index contributed by atoms with van der Waals surface area (Å²) in [7, 11) is 0. The Hall–Kier alpha value is 0.827. The summed E-state index contributed by atoms with van der Waals surface area (Å²) in [6.07, 6.45) is 6.84. The van der Waals surface area contributed by atoms with Gasteiger partial charge < -0.3 is 0 Å². The van der Waals surface area contributed by atoms with Crippen molar-refractivity contribution in [3.63, 3.8) is 0 Å². The summed E-state index contributed by atoms with van der Waals surface area (Å²) in [6, 6.07) is -2.41. The molecular weight excluding hydrogens is 219 g/mol. The molecule has 0 N–H and O–H groups in total. The molecule has 1 fully saturated rings.